The number of likely N-dealkylation sites (tertiary alicyclic amines) is 1. The summed E-state index contributed by atoms with van der Waals surface area (Å²) in [6.07, 6.45) is -0.652. The van der Waals surface area contributed by atoms with Gasteiger partial charge in [-0.2, -0.15) is 5.26 Å². The van der Waals surface area contributed by atoms with E-state index in [0.717, 1.165) is 0 Å². The van der Waals surface area contributed by atoms with Crippen molar-refractivity contribution in [3.8, 4) is 6.07 Å². The van der Waals surface area contributed by atoms with Gasteiger partial charge in [0, 0.05) is 13.1 Å². The lowest BCUT2D eigenvalue weighted by Gasteiger charge is -2.35. The van der Waals surface area contributed by atoms with Gasteiger partial charge in [-0.15, -0.1) is 0 Å². The van der Waals surface area contributed by atoms with Crippen LogP contribution in [0.1, 0.15) is 33.6 Å². The number of nitrogens with zero attached hydrogens (tertiary/aromatic N) is 2. The van der Waals surface area contributed by atoms with Gasteiger partial charge in [-0.1, -0.05) is 0 Å². The van der Waals surface area contributed by atoms with Gasteiger partial charge in [0.05, 0.1) is 6.07 Å². The number of amides is 1. The van der Waals surface area contributed by atoms with Gasteiger partial charge in [0.15, 0.2) is 5.41 Å². The number of hydrogen-bond acceptors (Lipinski definition) is 4. The van der Waals surface area contributed by atoms with Crippen molar-refractivity contribution in [3.05, 3.63) is 0 Å². The largest absolute Gasteiger partial charge is 0.465 e. The molecule has 1 aliphatic heterocycles. The number of carboxylic acid groups (broad SMARTS) is 1. The summed E-state index contributed by atoms with van der Waals surface area (Å²) >= 11 is 0. The highest BCUT2D eigenvalue weighted by Crippen LogP contribution is 2.33. The highest BCUT2D eigenvalue weighted by atomic mass is 16.6. The summed E-state index contributed by atoms with van der Waals surface area (Å²) in [4.78, 5) is 24.0. The van der Waals surface area contributed by atoms with E-state index >= 15 is 0 Å². The van der Waals surface area contributed by atoms with Crippen LogP contribution in [-0.4, -0.2) is 40.8 Å². The number of hydrogen-bond donors (Lipinski definition) is 1. The summed E-state index contributed by atoms with van der Waals surface area (Å²) in [5.74, 6) is -0.553. The number of carbonyl (C=O) groups is 2. The minimum atomic E-state index is -1.21. The van der Waals surface area contributed by atoms with E-state index in [0.29, 0.717) is 0 Å². The predicted molar refractivity (Wildman–Crippen MR) is 62.7 cm³/mol. The van der Waals surface area contributed by atoms with Crippen LogP contribution in [-0.2, 0) is 9.53 Å². The lowest BCUT2D eigenvalue weighted by atomic mass is 9.80. The highest BCUT2D eigenvalue weighted by molar-refractivity contribution is 5.81. The molecule has 1 amide bonds. The smallest absolute Gasteiger partial charge is 0.407 e. The first kappa shape index (κ1) is 14.3. The molecule has 1 heterocycles. The van der Waals surface area contributed by atoms with Crippen LogP contribution in [0, 0.1) is 16.7 Å². The van der Waals surface area contributed by atoms with Crippen molar-refractivity contribution >= 4 is 12.1 Å². The van der Waals surface area contributed by atoms with Crippen molar-refractivity contribution in [2.45, 2.75) is 39.2 Å². The fraction of sp³-hybridized carbons (Fsp3) is 0.750. The average Bonchev–Trinajstić information content (AvgIpc) is 2.26. The molecule has 0 aromatic heterocycles. The van der Waals surface area contributed by atoms with Crippen LogP contribution >= 0.6 is 0 Å². The van der Waals surface area contributed by atoms with Crippen molar-refractivity contribution in [2.24, 2.45) is 5.41 Å². The summed E-state index contributed by atoms with van der Waals surface area (Å²) in [5, 5.41) is 18.0. The molecule has 6 nitrogen and oxygen atoms in total. The van der Waals surface area contributed by atoms with Crippen LogP contribution in [0.2, 0.25) is 0 Å². The Bertz CT molecular complexity index is 384. The highest BCUT2D eigenvalue weighted by Gasteiger charge is 2.45. The molecular formula is C12H18N2O4. The second-order valence-electron chi connectivity index (χ2n) is 5.47. The summed E-state index contributed by atoms with van der Waals surface area (Å²) in [5.41, 5.74) is -1.86. The Morgan fingerprint density at radius 1 is 1.33 bits per heavy atom. The molecule has 0 aromatic rings. The van der Waals surface area contributed by atoms with Crippen LogP contribution in [0.3, 0.4) is 0 Å². The minimum Gasteiger partial charge on any atom is -0.465 e. The molecule has 0 spiro atoms. The van der Waals surface area contributed by atoms with Crippen molar-refractivity contribution in [3.63, 3.8) is 0 Å². The third-order valence-corrected chi connectivity index (χ3v) is 2.89. The molecule has 0 unspecified atom stereocenters. The Morgan fingerprint density at radius 3 is 2.17 bits per heavy atom. The number of esters is 1. The maximum absolute atomic E-state index is 12.0. The van der Waals surface area contributed by atoms with E-state index in [1.165, 1.54) is 4.90 Å². The Hall–Kier alpha value is -1.77. The normalized spacial score (nSPS) is 18.9. The van der Waals surface area contributed by atoms with Crippen LogP contribution in [0.4, 0.5) is 4.79 Å². The second kappa shape index (κ2) is 4.84. The van der Waals surface area contributed by atoms with Gasteiger partial charge >= 0.3 is 12.1 Å². The summed E-state index contributed by atoms with van der Waals surface area (Å²) in [7, 11) is 0. The van der Waals surface area contributed by atoms with Crippen molar-refractivity contribution in [1.29, 1.82) is 5.26 Å². The van der Waals surface area contributed by atoms with Crippen molar-refractivity contribution in [1.82, 2.24) is 4.90 Å². The molecule has 0 aliphatic carbocycles. The van der Waals surface area contributed by atoms with E-state index in [-0.39, 0.29) is 25.9 Å². The van der Waals surface area contributed by atoms with E-state index in [9.17, 15) is 14.9 Å². The number of carbonyl (C=O) groups excluding carboxylic acids is 1. The lowest BCUT2D eigenvalue weighted by molar-refractivity contribution is -0.166. The quantitative estimate of drug-likeness (QED) is 0.718. The van der Waals surface area contributed by atoms with Crippen LogP contribution < -0.4 is 0 Å². The van der Waals surface area contributed by atoms with Gasteiger partial charge in [-0.25, -0.2) is 4.79 Å². The maximum Gasteiger partial charge on any atom is 0.407 e. The molecule has 1 fully saturated rings. The van der Waals surface area contributed by atoms with Gasteiger partial charge in [0.2, 0.25) is 0 Å². The van der Waals surface area contributed by atoms with Gasteiger partial charge in [-0.05, 0) is 33.6 Å². The molecule has 18 heavy (non-hydrogen) atoms. The van der Waals surface area contributed by atoms with E-state index in [1.807, 2.05) is 6.07 Å². The lowest BCUT2D eigenvalue weighted by Crippen LogP contribution is -2.47. The van der Waals surface area contributed by atoms with Gasteiger partial charge < -0.3 is 14.7 Å². The fourth-order valence-corrected chi connectivity index (χ4v) is 1.82. The molecule has 0 bridgehead atoms. The molecule has 1 N–H and O–H groups in total. The summed E-state index contributed by atoms with van der Waals surface area (Å²) in [6, 6.07) is 2.01. The molecule has 0 aromatic carbocycles. The molecular weight excluding hydrogens is 236 g/mol. The van der Waals surface area contributed by atoms with Crippen molar-refractivity contribution in [2.75, 3.05) is 13.1 Å². The molecule has 0 saturated carbocycles. The van der Waals surface area contributed by atoms with E-state index < -0.39 is 23.1 Å². The van der Waals surface area contributed by atoms with E-state index in [1.54, 1.807) is 20.8 Å². The molecule has 1 saturated heterocycles. The van der Waals surface area contributed by atoms with E-state index in [4.69, 9.17) is 9.84 Å². The summed E-state index contributed by atoms with van der Waals surface area (Å²) < 4.78 is 5.24. The Morgan fingerprint density at radius 2 is 1.83 bits per heavy atom. The Balaban J connectivity index is 2.76. The molecule has 1 rings (SSSR count). The number of rotatable bonds is 1. The fourth-order valence-electron chi connectivity index (χ4n) is 1.82. The second-order valence-corrected chi connectivity index (χ2v) is 5.47. The zero-order valence-corrected chi connectivity index (χ0v) is 10.9. The Kier molecular flexibility index (Phi) is 3.85. The zero-order chi connectivity index (χ0) is 14.0. The van der Waals surface area contributed by atoms with Gasteiger partial charge in [-0.3, -0.25) is 4.79 Å². The molecule has 100 valence electrons. The van der Waals surface area contributed by atoms with Crippen LogP contribution in [0.25, 0.3) is 0 Å². The number of piperidine rings is 1. The van der Waals surface area contributed by atoms with Crippen LogP contribution in [0.5, 0.6) is 0 Å². The Labute approximate surface area is 106 Å². The number of ether oxygens (including phenoxy) is 1. The number of nitriles is 1. The minimum absolute atomic E-state index is 0.183. The molecule has 0 atom stereocenters. The van der Waals surface area contributed by atoms with E-state index in [2.05, 4.69) is 0 Å². The van der Waals surface area contributed by atoms with Gasteiger partial charge in [0.25, 0.3) is 0 Å². The maximum atomic E-state index is 12.0. The van der Waals surface area contributed by atoms with Gasteiger partial charge in [0.1, 0.15) is 5.60 Å². The zero-order valence-electron chi connectivity index (χ0n) is 10.9. The first-order chi connectivity index (χ1) is 8.20. The predicted octanol–water partition coefficient (Wildman–Crippen LogP) is 1.61. The standard InChI is InChI=1S/C12H18N2O4/c1-11(2,3)18-9(15)12(8-13)4-6-14(7-5-12)10(16)17/h4-7H2,1-3H3,(H,16,17). The SMILES string of the molecule is CC(C)(C)OC(=O)C1(C#N)CCN(C(=O)O)CC1. The summed E-state index contributed by atoms with van der Waals surface area (Å²) in [6.45, 7) is 5.58. The molecule has 6 heteroatoms. The molecule has 0 radical (unpaired) electrons. The molecule has 1 aliphatic rings. The van der Waals surface area contributed by atoms with Crippen LogP contribution in [0.15, 0.2) is 0 Å². The monoisotopic (exact) mass is 254 g/mol. The first-order valence-corrected chi connectivity index (χ1v) is 5.83. The first-order valence-electron chi connectivity index (χ1n) is 5.83. The average molecular weight is 254 g/mol. The van der Waals surface area contributed by atoms with Crippen molar-refractivity contribution < 1.29 is 19.4 Å². The third kappa shape index (κ3) is 3.13. The third-order valence-electron chi connectivity index (χ3n) is 2.89. The topological polar surface area (TPSA) is 90.6 Å².